The molecule has 2 rings (SSSR count). The quantitative estimate of drug-likeness (QED) is 0.395. The van der Waals surface area contributed by atoms with E-state index in [1.165, 1.54) is 0 Å². The molecule has 2 aromatic rings. The number of urea groups is 1. The summed E-state index contributed by atoms with van der Waals surface area (Å²) in [5.41, 5.74) is 11.9. The number of carbonyl (C=O) groups excluding carboxylic acids is 3. The molecule has 1 aromatic carbocycles. The van der Waals surface area contributed by atoms with E-state index in [1.807, 2.05) is 31.2 Å². The highest BCUT2D eigenvalue weighted by Gasteiger charge is 2.23. The van der Waals surface area contributed by atoms with Crippen molar-refractivity contribution in [1.82, 2.24) is 20.2 Å². The highest BCUT2D eigenvalue weighted by molar-refractivity contribution is 6.05. The van der Waals surface area contributed by atoms with Crippen molar-refractivity contribution in [2.45, 2.75) is 25.9 Å². The summed E-state index contributed by atoms with van der Waals surface area (Å²) in [5.74, 6) is -1.11. The number of rotatable bonds is 7. The Morgan fingerprint density at radius 3 is 2.54 bits per heavy atom. The van der Waals surface area contributed by atoms with Gasteiger partial charge in [0, 0.05) is 13.1 Å². The van der Waals surface area contributed by atoms with Gasteiger partial charge in [-0.25, -0.2) is 9.78 Å². The maximum Gasteiger partial charge on any atom is 0.315 e. The Bertz CT molecular complexity index is 756. The van der Waals surface area contributed by atoms with Crippen LogP contribution < -0.4 is 22.1 Å². The Balaban J connectivity index is 1.84. The fraction of sp³-hybridized carbons (Fsp3) is 0.333. The number of nitrogens with zero attached hydrogens (tertiary/aromatic N) is 2. The lowest BCUT2D eigenvalue weighted by atomic mass is 10.3. The number of amides is 4. The molecule has 0 aliphatic carbocycles. The highest BCUT2D eigenvalue weighted by atomic mass is 16.2. The highest BCUT2D eigenvalue weighted by Crippen LogP contribution is 2.15. The third-order valence-corrected chi connectivity index (χ3v) is 3.53. The monoisotopic (exact) mass is 332 g/mol. The first-order chi connectivity index (χ1) is 11.4. The average molecular weight is 332 g/mol. The number of aromatic nitrogens is 2. The Hall–Kier alpha value is -3.10. The van der Waals surface area contributed by atoms with Gasteiger partial charge in [-0.05, 0) is 25.5 Å². The van der Waals surface area contributed by atoms with Gasteiger partial charge in [0.25, 0.3) is 0 Å². The second-order valence-electron chi connectivity index (χ2n) is 5.29. The van der Waals surface area contributed by atoms with Crippen molar-refractivity contribution < 1.29 is 14.4 Å². The first-order valence-corrected chi connectivity index (χ1v) is 7.45. The summed E-state index contributed by atoms with van der Waals surface area (Å²) in [6.07, 6.45) is 0.645. The van der Waals surface area contributed by atoms with E-state index in [0.717, 1.165) is 16.9 Å². The lowest BCUT2D eigenvalue weighted by Gasteiger charge is -2.13. The fourth-order valence-corrected chi connectivity index (χ4v) is 2.38. The summed E-state index contributed by atoms with van der Waals surface area (Å²) in [7, 11) is 0. The van der Waals surface area contributed by atoms with Crippen LogP contribution in [0.4, 0.5) is 4.79 Å². The van der Waals surface area contributed by atoms with Crippen LogP contribution in [0.2, 0.25) is 0 Å². The lowest BCUT2D eigenvalue weighted by molar-refractivity contribution is -0.128. The number of benzene rings is 1. The molecule has 9 heteroatoms. The summed E-state index contributed by atoms with van der Waals surface area (Å²) < 4.78 is 2.06. The zero-order valence-corrected chi connectivity index (χ0v) is 13.3. The van der Waals surface area contributed by atoms with Gasteiger partial charge in [0.2, 0.25) is 11.8 Å². The summed E-state index contributed by atoms with van der Waals surface area (Å²) in [6, 6.07) is 5.60. The van der Waals surface area contributed by atoms with Crippen molar-refractivity contribution in [3.8, 4) is 0 Å². The molecule has 6 N–H and O–H groups in total. The smallest absolute Gasteiger partial charge is 0.315 e. The van der Waals surface area contributed by atoms with Gasteiger partial charge in [-0.15, -0.1) is 0 Å². The normalized spacial score (nSPS) is 10.8. The van der Waals surface area contributed by atoms with Crippen LogP contribution in [0.3, 0.4) is 0 Å². The molecule has 0 saturated heterocycles. The van der Waals surface area contributed by atoms with Crippen LogP contribution in [0.25, 0.3) is 11.0 Å². The molecular formula is C15H20N6O3. The lowest BCUT2D eigenvalue weighted by Crippen LogP contribution is -2.55. The predicted octanol–water partition coefficient (Wildman–Crippen LogP) is -0.627. The number of imidazole rings is 1. The third-order valence-electron chi connectivity index (χ3n) is 3.53. The van der Waals surface area contributed by atoms with E-state index < -0.39 is 23.9 Å². The molecule has 0 atom stereocenters. The Morgan fingerprint density at radius 1 is 1.21 bits per heavy atom. The molecule has 0 aliphatic heterocycles. The van der Waals surface area contributed by atoms with E-state index in [4.69, 9.17) is 11.5 Å². The molecule has 0 aliphatic rings. The van der Waals surface area contributed by atoms with Gasteiger partial charge in [-0.1, -0.05) is 12.1 Å². The molecule has 0 unspecified atom stereocenters. The zero-order chi connectivity index (χ0) is 17.7. The number of aryl methyl sites for hydroxylation is 2. The minimum atomic E-state index is -1.52. The number of hydrogen-bond acceptors (Lipinski definition) is 4. The van der Waals surface area contributed by atoms with Crippen LogP contribution >= 0.6 is 0 Å². The van der Waals surface area contributed by atoms with Gasteiger partial charge in [-0.2, -0.15) is 0 Å². The molecule has 1 aromatic heterocycles. The van der Waals surface area contributed by atoms with Crippen LogP contribution in [0.5, 0.6) is 0 Å². The number of nitrogens with one attached hydrogen (secondary N) is 2. The van der Waals surface area contributed by atoms with Gasteiger partial charge in [0.15, 0.2) is 6.04 Å². The van der Waals surface area contributed by atoms with Gasteiger partial charge in [0.05, 0.1) is 11.0 Å². The summed E-state index contributed by atoms with van der Waals surface area (Å²) in [4.78, 5) is 38.1. The van der Waals surface area contributed by atoms with E-state index in [-0.39, 0.29) is 0 Å². The molecule has 9 nitrogen and oxygen atoms in total. The SMILES string of the molecule is Cc1nc2ccccc2n1CCCNC(=O)NC(C(N)=O)C(N)=O. The number of primary amides is 2. The molecule has 0 bridgehead atoms. The minimum Gasteiger partial charge on any atom is -0.367 e. The van der Waals surface area contributed by atoms with Crippen molar-refractivity contribution in [2.24, 2.45) is 11.5 Å². The van der Waals surface area contributed by atoms with Crippen molar-refractivity contribution in [3.05, 3.63) is 30.1 Å². The molecule has 1 heterocycles. The third kappa shape index (κ3) is 4.00. The topological polar surface area (TPSA) is 145 Å². The average Bonchev–Trinajstić information content (AvgIpc) is 2.84. The second-order valence-corrected chi connectivity index (χ2v) is 5.29. The van der Waals surface area contributed by atoms with Crippen molar-refractivity contribution in [1.29, 1.82) is 0 Å². The maximum atomic E-state index is 11.6. The predicted molar refractivity (Wildman–Crippen MR) is 87.8 cm³/mol. The summed E-state index contributed by atoms with van der Waals surface area (Å²) in [5, 5.41) is 4.69. The van der Waals surface area contributed by atoms with Gasteiger partial charge >= 0.3 is 6.03 Å². The van der Waals surface area contributed by atoms with Crippen LogP contribution in [0.1, 0.15) is 12.2 Å². The van der Waals surface area contributed by atoms with E-state index in [0.29, 0.717) is 19.5 Å². The Morgan fingerprint density at radius 2 is 1.88 bits per heavy atom. The standard InChI is InChI=1S/C15H20N6O3/c1-9-19-10-5-2-3-6-11(10)21(9)8-4-7-18-15(24)20-12(13(16)22)14(17)23/h2-3,5-6,12H,4,7-8H2,1H3,(H2,16,22)(H2,17,23)(H2,18,20,24). The second kappa shape index (κ2) is 7.44. The van der Waals surface area contributed by atoms with Crippen molar-refractivity contribution in [2.75, 3.05) is 6.54 Å². The van der Waals surface area contributed by atoms with Gasteiger partial charge in [-0.3, -0.25) is 9.59 Å². The summed E-state index contributed by atoms with van der Waals surface area (Å²) in [6.45, 7) is 2.94. The maximum absolute atomic E-state index is 11.6. The van der Waals surface area contributed by atoms with E-state index >= 15 is 0 Å². The van der Waals surface area contributed by atoms with Gasteiger partial charge in [0.1, 0.15) is 5.82 Å². The minimum absolute atomic E-state index is 0.349. The fourth-order valence-electron chi connectivity index (χ4n) is 2.38. The number of para-hydroxylation sites is 2. The van der Waals surface area contributed by atoms with E-state index in [9.17, 15) is 14.4 Å². The number of fused-ring (bicyclic) bond motifs is 1. The van der Waals surface area contributed by atoms with Crippen molar-refractivity contribution >= 4 is 28.9 Å². The van der Waals surface area contributed by atoms with Crippen LogP contribution in [0.15, 0.2) is 24.3 Å². The van der Waals surface area contributed by atoms with E-state index in [2.05, 4.69) is 20.2 Å². The molecule has 24 heavy (non-hydrogen) atoms. The molecule has 4 amide bonds. The number of hydrogen-bond donors (Lipinski definition) is 4. The molecule has 0 spiro atoms. The Kier molecular flexibility index (Phi) is 5.35. The van der Waals surface area contributed by atoms with Crippen LogP contribution in [0, 0.1) is 6.92 Å². The van der Waals surface area contributed by atoms with Crippen LogP contribution in [-0.2, 0) is 16.1 Å². The molecule has 128 valence electrons. The number of carbonyl (C=O) groups is 3. The van der Waals surface area contributed by atoms with Gasteiger partial charge < -0.3 is 26.7 Å². The molecule has 0 saturated carbocycles. The Labute approximate surface area is 138 Å². The first-order valence-electron chi connectivity index (χ1n) is 7.45. The first kappa shape index (κ1) is 17.3. The summed E-state index contributed by atoms with van der Waals surface area (Å²) >= 11 is 0. The number of nitrogens with two attached hydrogens (primary N) is 2. The van der Waals surface area contributed by atoms with Crippen molar-refractivity contribution in [3.63, 3.8) is 0 Å². The largest absolute Gasteiger partial charge is 0.367 e. The molecular weight excluding hydrogens is 312 g/mol. The molecule has 0 fully saturated rings. The molecule has 0 radical (unpaired) electrons. The zero-order valence-electron chi connectivity index (χ0n) is 13.3. The van der Waals surface area contributed by atoms with Crippen LogP contribution in [-0.4, -0.2) is 40.0 Å². The van der Waals surface area contributed by atoms with E-state index in [1.54, 1.807) is 0 Å².